The first-order valence-electron chi connectivity index (χ1n) is 6.96. The van der Waals surface area contributed by atoms with Gasteiger partial charge in [-0.15, -0.1) is 5.10 Å². The second-order valence-corrected chi connectivity index (χ2v) is 6.64. The molecule has 0 amide bonds. The van der Waals surface area contributed by atoms with Crippen molar-refractivity contribution < 1.29 is 4.79 Å². The molecule has 2 aromatic carbocycles. The van der Waals surface area contributed by atoms with Gasteiger partial charge in [0.05, 0.1) is 16.4 Å². The van der Waals surface area contributed by atoms with Gasteiger partial charge in [0.1, 0.15) is 0 Å². The van der Waals surface area contributed by atoms with Gasteiger partial charge in [-0.3, -0.25) is 10.2 Å². The highest BCUT2D eigenvalue weighted by molar-refractivity contribution is 7.11. The molecule has 0 unspecified atom stereocenters. The van der Waals surface area contributed by atoms with Gasteiger partial charge in [0.15, 0.2) is 10.8 Å². The van der Waals surface area contributed by atoms with E-state index < -0.39 is 0 Å². The van der Waals surface area contributed by atoms with Crippen LogP contribution < -0.4 is 10.2 Å². The van der Waals surface area contributed by atoms with Gasteiger partial charge < -0.3 is 0 Å². The zero-order valence-corrected chi connectivity index (χ0v) is 14.9. The number of nitrogens with zero attached hydrogens (tertiary/aromatic N) is 3. The molecule has 5 nitrogen and oxygen atoms in total. The van der Waals surface area contributed by atoms with Gasteiger partial charge in [0, 0.05) is 11.9 Å². The monoisotopic (exact) mass is 378 g/mol. The maximum absolute atomic E-state index is 11.7. The molecular formula is C16H12Cl2N4OS. The number of ketones is 1. The van der Waals surface area contributed by atoms with Crippen LogP contribution in [0.4, 0.5) is 5.69 Å². The second-order valence-electron chi connectivity index (χ2n) is 4.84. The molecule has 0 atom stereocenters. The Morgan fingerprint density at radius 1 is 1.21 bits per heavy atom. The first-order chi connectivity index (χ1) is 11.5. The van der Waals surface area contributed by atoms with Crippen molar-refractivity contribution in [3.05, 3.63) is 68.4 Å². The Kier molecular flexibility index (Phi) is 4.99. The summed E-state index contributed by atoms with van der Waals surface area (Å²) < 4.78 is 1.52. The van der Waals surface area contributed by atoms with Crippen molar-refractivity contribution in [2.45, 2.75) is 6.92 Å². The zero-order valence-electron chi connectivity index (χ0n) is 12.5. The maximum atomic E-state index is 11.7. The Hall–Kier alpha value is -2.15. The summed E-state index contributed by atoms with van der Waals surface area (Å²) >= 11 is 13.4. The number of benzene rings is 2. The predicted octanol–water partition coefficient (Wildman–Crippen LogP) is 4.37. The lowest BCUT2D eigenvalue weighted by molar-refractivity contribution is 0.101. The molecule has 0 radical (unpaired) electrons. The van der Waals surface area contributed by atoms with E-state index in [4.69, 9.17) is 23.2 Å². The fraction of sp³-hybridized carbons (Fsp3) is 0.0625. The Balaban J connectivity index is 2.09. The smallest absolute Gasteiger partial charge is 0.231 e. The predicted molar refractivity (Wildman–Crippen MR) is 97.1 cm³/mol. The number of Topliss-reactive ketones (excluding diaryl/α,β-unsaturated/α-hetero) is 1. The van der Waals surface area contributed by atoms with Crippen LogP contribution in [0.1, 0.15) is 16.7 Å². The largest absolute Gasteiger partial charge is 0.292 e. The number of carbonyl (C=O) groups excluding carboxylic acids is 1. The molecule has 0 bridgehead atoms. The molecule has 3 rings (SSSR count). The number of aromatic nitrogens is 2. The normalized spacial score (nSPS) is 11.5. The topological polar surface area (TPSA) is 59.3 Å². The molecule has 0 aliphatic heterocycles. The SMILES string of the molecule is CC(=O)c1nn(-c2ccc(Cl)cc2Cl)/c(=N\Nc2ccccc2)s1. The van der Waals surface area contributed by atoms with E-state index in [-0.39, 0.29) is 5.78 Å². The van der Waals surface area contributed by atoms with E-state index in [0.29, 0.717) is 25.5 Å². The van der Waals surface area contributed by atoms with Gasteiger partial charge >= 0.3 is 0 Å². The Labute approximate surface area is 152 Å². The summed E-state index contributed by atoms with van der Waals surface area (Å²) in [4.78, 5) is 12.2. The lowest BCUT2D eigenvalue weighted by Crippen LogP contribution is -2.16. The van der Waals surface area contributed by atoms with Gasteiger partial charge in [-0.2, -0.15) is 5.10 Å². The third kappa shape index (κ3) is 3.67. The lowest BCUT2D eigenvalue weighted by Gasteiger charge is -2.04. The highest BCUT2D eigenvalue weighted by Crippen LogP contribution is 2.23. The van der Waals surface area contributed by atoms with E-state index in [9.17, 15) is 4.79 Å². The van der Waals surface area contributed by atoms with Crippen LogP contribution in [0.5, 0.6) is 0 Å². The van der Waals surface area contributed by atoms with Crippen molar-refractivity contribution >= 4 is 46.0 Å². The van der Waals surface area contributed by atoms with E-state index in [0.717, 1.165) is 5.69 Å². The molecule has 1 N–H and O–H groups in total. The number of hydrogen-bond acceptors (Lipinski definition) is 5. The molecule has 3 aromatic rings. The molecule has 8 heteroatoms. The molecule has 0 aliphatic rings. The van der Waals surface area contributed by atoms with E-state index in [1.165, 1.54) is 22.9 Å². The number of para-hydroxylation sites is 1. The molecule has 0 aliphatic carbocycles. The number of rotatable bonds is 4. The molecule has 0 spiro atoms. The van der Waals surface area contributed by atoms with E-state index in [1.807, 2.05) is 30.3 Å². The molecule has 0 saturated carbocycles. The molecule has 0 saturated heterocycles. The summed E-state index contributed by atoms with van der Waals surface area (Å²) in [5.74, 6) is -0.139. The number of hydrogen-bond donors (Lipinski definition) is 1. The van der Waals surface area contributed by atoms with Gasteiger partial charge in [0.25, 0.3) is 0 Å². The van der Waals surface area contributed by atoms with E-state index >= 15 is 0 Å². The summed E-state index contributed by atoms with van der Waals surface area (Å²) in [6.45, 7) is 1.46. The quantitative estimate of drug-likeness (QED) is 0.541. The standard InChI is InChI=1S/C16H12Cl2N4OS/c1-10(23)15-21-22(14-8-7-11(17)9-13(14)18)16(24-15)20-19-12-5-3-2-4-6-12/h2-9,19H,1H3/b20-16+. The molecule has 122 valence electrons. The highest BCUT2D eigenvalue weighted by Gasteiger charge is 2.13. The van der Waals surface area contributed by atoms with Gasteiger partial charge in [-0.25, -0.2) is 4.68 Å². The van der Waals surface area contributed by atoms with E-state index in [2.05, 4.69) is 15.6 Å². The van der Waals surface area contributed by atoms with Crippen LogP contribution in [0.25, 0.3) is 5.69 Å². The maximum Gasteiger partial charge on any atom is 0.231 e. The number of carbonyl (C=O) groups is 1. The van der Waals surface area contributed by atoms with Crippen LogP contribution in [0.15, 0.2) is 53.6 Å². The number of nitrogens with one attached hydrogen (secondary N) is 1. The van der Waals surface area contributed by atoms with Crippen LogP contribution >= 0.6 is 34.5 Å². The second kappa shape index (κ2) is 7.17. The number of halogens is 2. The third-order valence-electron chi connectivity index (χ3n) is 3.05. The van der Waals surface area contributed by atoms with Crippen molar-refractivity contribution in [1.29, 1.82) is 0 Å². The Morgan fingerprint density at radius 3 is 2.62 bits per heavy atom. The summed E-state index contributed by atoms with van der Waals surface area (Å²) in [6.07, 6.45) is 0. The lowest BCUT2D eigenvalue weighted by atomic mass is 10.3. The van der Waals surface area contributed by atoms with Gasteiger partial charge in [0.2, 0.25) is 4.80 Å². The van der Waals surface area contributed by atoms with Crippen molar-refractivity contribution in [2.75, 3.05) is 5.43 Å². The highest BCUT2D eigenvalue weighted by atomic mass is 35.5. The minimum absolute atomic E-state index is 0.139. The number of anilines is 1. The van der Waals surface area contributed by atoms with Crippen LogP contribution in [0.3, 0.4) is 0 Å². The minimum Gasteiger partial charge on any atom is -0.292 e. The molecule has 24 heavy (non-hydrogen) atoms. The Bertz CT molecular complexity index is 950. The molecule has 0 fully saturated rings. The average molecular weight is 379 g/mol. The first-order valence-corrected chi connectivity index (χ1v) is 8.53. The van der Waals surface area contributed by atoms with Crippen LogP contribution in [-0.4, -0.2) is 15.6 Å². The van der Waals surface area contributed by atoms with Crippen molar-refractivity contribution in [2.24, 2.45) is 5.10 Å². The Morgan fingerprint density at radius 2 is 1.96 bits per heavy atom. The van der Waals surface area contributed by atoms with Crippen molar-refractivity contribution in [3.8, 4) is 5.69 Å². The fourth-order valence-electron chi connectivity index (χ4n) is 1.93. The average Bonchev–Trinajstić information content (AvgIpc) is 2.98. The fourth-order valence-corrected chi connectivity index (χ4v) is 3.18. The van der Waals surface area contributed by atoms with Crippen LogP contribution in [0, 0.1) is 0 Å². The van der Waals surface area contributed by atoms with Crippen molar-refractivity contribution in [1.82, 2.24) is 9.78 Å². The molecular weight excluding hydrogens is 367 g/mol. The van der Waals surface area contributed by atoms with Gasteiger partial charge in [-0.05, 0) is 30.3 Å². The van der Waals surface area contributed by atoms with Crippen LogP contribution in [0.2, 0.25) is 10.0 Å². The summed E-state index contributed by atoms with van der Waals surface area (Å²) in [6, 6.07) is 14.5. The summed E-state index contributed by atoms with van der Waals surface area (Å²) in [5, 5.41) is 9.93. The molecule has 1 aromatic heterocycles. The van der Waals surface area contributed by atoms with E-state index in [1.54, 1.807) is 18.2 Å². The van der Waals surface area contributed by atoms with Gasteiger partial charge in [-0.1, -0.05) is 52.7 Å². The molecule has 1 heterocycles. The summed E-state index contributed by atoms with van der Waals surface area (Å²) in [5.41, 5.74) is 4.37. The zero-order chi connectivity index (χ0) is 17.1. The van der Waals surface area contributed by atoms with Crippen LogP contribution in [-0.2, 0) is 0 Å². The summed E-state index contributed by atoms with van der Waals surface area (Å²) in [7, 11) is 0. The first kappa shape index (κ1) is 16.7. The van der Waals surface area contributed by atoms with Crippen molar-refractivity contribution in [3.63, 3.8) is 0 Å². The minimum atomic E-state index is -0.139. The third-order valence-corrected chi connectivity index (χ3v) is 4.60.